The first-order valence-electron chi connectivity index (χ1n) is 6.50. The zero-order valence-electron chi connectivity index (χ0n) is 11.3. The number of hydrogen-bond donors (Lipinski definition) is 0. The van der Waals surface area contributed by atoms with Gasteiger partial charge in [0.05, 0.1) is 18.3 Å². The molecule has 1 aromatic rings. The smallest absolute Gasteiger partial charge is 0.312 e. The molecule has 4 heteroatoms. The van der Waals surface area contributed by atoms with Crippen molar-refractivity contribution in [3.8, 4) is 0 Å². The first-order valence-corrected chi connectivity index (χ1v) is 6.50. The van der Waals surface area contributed by atoms with Gasteiger partial charge in [-0.1, -0.05) is 0 Å². The molecule has 0 radical (unpaired) electrons. The number of aryl methyl sites for hydroxylation is 1. The summed E-state index contributed by atoms with van der Waals surface area (Å²) in [7, 11) is 0. The van der Waals surface area contributed by atoms with Crippen LogP contribution < -0.4 is 0 Å². The molecule has 1 aromatic heterocycles. The molecular formula is C14H20N2O2. The van der Waals surface area contributed by atoms with E-state index in [2.05, 4.69) is 10.2 Å². The summed E-state index contributed by atoms with van der Waals surface area (Å²) in [6.07, 6.45) is 6.47. The number of ether oxygens (including phenoxy) is 1. The lowest BCUT2D eigenvalue weighted by Gasteiger charge is -2.21. The average Bonchev–Trinajstić information content (AvgIpc) is 2.27. The zero-order chi connectivity index (χ0) is 13.2. The zero-order valence-corrected chi connectivity index (χ0v) is 11.3. The summed E-state index contributed by atoms with van der Waals surface area (Å²) in [6, 6.07) is 0. The van der Waals surface area contributed by atoms with Crippen molar-refractivity contribution in [3.63, 3.8) is 0 Å². The lowest BCUT2D eigenvalue weighted by Crippen LogP contribution is -2.26. The van der Waals surface area contributed by atoms with E-state index in [-0.39, 0.29) is 12.4 Å². The van der Waals surface area contributed by atoms with Gasteiger partial charge in [-0.15, -0.1) is 0 Å². The van der Waals surface area contributed by atoms with Crippen LogP contribution in [-0.4, -0.2) is 21.8 Å². The van der Waals surface area contributed by atoms with Gasteiger partial charge < -0.3 is 4.74 Å². The van der Waals surface area contributed by atoms with E-state index >= 15 is 0 Å². The van der Waals surface area contributed by atoms with Crippen LogP contribution in [0.3, 0.4) is 0 Å². The van der Waals surface area contributed by atoms with E-state index in [1.807, 2.05) is 27.0 Å². The largest absolute Gasteiger partial charge is 0.460 e. The van der Waals surface area contributed by atoms with Crippen molar-refractivity contribution >= 4 is 5.97 Å². The standard InChI is InChI=1S/C14H20N2O2/c1-14(2,3)18-13(17)8-12-11-7-5-4-6-10(11)9-15-16-12/h9H,4-8H2,1-3H3. The lowest BCUT2D eigenvalue weighted by molar-refractivity contribution is -0.154. The lowest BCUT2D eigenvalue weighted by atomic mass is 9.91. The van der Waals surface area contributed by atoms with Gasteiger partial charge in [-0.3, -0.25) is 4.79 Å². The summed E-state index contributed by atoms with van der Waals surface area (Å²) in [5, 5.41) is 8.10. The second-order valence-electron chi connectivity index (χ2n) is 5.77. The van der Waals surface area contributed by atoms with Crippen molar-refractivity contribution in [2.75, 3.05) is 0 Å². The third-order valence-corrected chi connectivity index (χ3v) is 2.98. The Kier molecular flexibility index (Phi) is 3.64. The van der Waals surface area contributed by atoms with Gasteiger partial charge in [-0.25, -0.2) is 0 Å². The highest BCUT2D eigenvalue weighted by Crippen LogP contribution is 2.23. The summed E-state index contributed by atoms with van der Waals surface area (Å²) in [4.78, 5) is 11.8. The quantitative estimate of drug-likeness (QED) is 0.753. The van der Waals surface area contributed by atoms with E-state index in [9.17, 15) is 4.79 Å². The molecular weight excluding hydrogens is 228 g/mol. The van der Waals surface area contributed by atoms with Gasteiger partial charge in [0.1, 0.15) is 5.60 Å². The van der Waals surface area contributed by atoms with Crippen LogP contribution in [0.2, 0.25) is 0 Å². The highest BCUT2D eigenvalue weighted by molar-refractivity contribution is 5.73. The molecule has 18 heavy (non-hydrogen) atoms. The number of esters is 1. The Morgan fingerprint density at radius 1 is 1.33 bits per heavy atom. The summed E-state index contributed by atoms with van der Waals surface area (Å²) >= 11 is 0. The first-order chi connectivity index (χ1) is 8.46. The normalized spacial score (nSPS) is 15.1. The van der Waals surface area contributed by atoms with Gasteiger partial charge in [0.15, 0.2) is 0 Å². The summed E-state index contributed by atoms with van der Waals surface area (Å²) < 4.78 is 5.33. The van der Waals surface area contributed by atoms with Crippen molar-refractivity contribution < 1.29 is 9.53 Å². The minimum absolute atomic E-state index is 0.226. The number of hydrogen-bond acceptors (Lipinski definition) is 4. The molecule has 0 saturated heterocycles. The molecule has 0 aromatic carbocycles. The molecule has 0 amide bonds. The molecule has 98 valence electrons. The van der Waals surface area contributed by atoms with Crippen LogP contribution in [0.1, 0.15) is 50.4 Å². The Bertz CT molecular complexity index is 450. The fourth-order valence-electron chi connectivity index (χ4n) is 2.29. The van der Waals surface area contributed by atoms with Gasteiger partial charge in [0.2, 0.25) is 0 Å². The SMILES string of the molecule is CC(C)(C)OC(=O)Cc1nncc2c1CCCC2. The molecule has 4 nitrogen and oxygen atoms in total. The topological polar surface area (TPSA) is 52.1 Å². The highest BCUT2D eigenvalue weighted by atomic mass is 16.6. The van der Waals surface area contributed by atoms with Crippen LogP contribution in [0.4, 0.5) is 0 Å². The van der Waals surface area contributed by atoms with Crippen molar-refractivity contribution in [2.24, 2.45) is 0 Å². The minimum atomic E-state index is -0.445. The number of nitrogens with zero attached hydrogens (tertiary/aromatic N) is 2. The molecule has 0 fully saturated rings. The number of carbonyl (C=O) groups is 1. The maximum Gasteiger partial charge on any atom is 0.312 e. The average molecular weight is 248 g/mol. The highest BCUT2D eigenvalue weighted by Gasteiger charge is 2.21. The molecule has 0 saturated carbocycles. The Hall–Kier alpha value is -1.45. The van der Waals surface area contributed by atoms with E-state index in [0.717, 1.165) is 18.5 Å². The molecule has 0 N–H and O–H groups in total. The van der Waals surface area contributed by atoms with E-state index in [4.69, 9.17) is 4.74 Å². The fourth-order valence-corrected chi connectivity index (χ4v) is 2.29. The molecule has 2 rings (SSSR count). The van der Waals surface area contributed by atoms with E-state index in [0.29, 0.717) is 0 Å². The Morgan fingerprint density at radius 3 is 2.78 bits per heavy atom. The van der Waals surface area contributed by atoms with Crippen molar-refractivity contribution in [3.05, 3.63) is 23.0 Å². The van der Waals surface area contributed by atoms with Crippen LogP contribution in [0, 0.1) is 0 Å². The van der Waals surface area contributed by atoms with Crippen LogP contribution in [0.15, 0.2) is 6.20 Å². The second kappa shape index (κ2) is 5.04. The Morgan fingerprint density at radius 2 is 2.06 bits per heavy atom. The van der Waals surface area contributed by atoms with Gasteiger partial charge in [0.25, 0.3) is 0 Å². The van der Waals surface area contributed by atoms with Crippen LogP contribution >= 0.6 is 0 Å². The van der Waals surface area contributed by atoms with Crippen molar-refractivity contribution in [1.82, 2.24) is 10.2 Å². The van der Waals surface area contributed by atoms with E-state index < -0.39 is 5.60 Å². The molecule has 0 atom stereocenters. The second-order valence-corrected chi connectivity index (χ2v) is 5.77. The van der Waals surface area contributed by atoms with Gasteiger partial charge >= 0.3 is 5.97 Å². The molecule has 1 aliphatic rings. The molecule has 0 aliphatic heterocycles. The number of aromatic nitrogens is 2. The molecule has 0 unspecified atom stereocenters. The third-order valence-electron chi connectivity index (χ3n) is 2.98. The summed E-state index contributed by atoms with van der Waals surface area (Å²) in [5.74, 6) is -0.226. The maximum absolute atomic E-state index is 11.8. The number of rotatable bonds is 2. The number of carbonyl (C=O) groups excluding carboxylic acids is 1. The summed E-state index contributed by atoms with van der Waals surface area (Å²) in [5.41, 5.74) is 2.80. The molecule has 1 aliphatic carbocycles. The van der Waals surface area contributed by atoms with Crippen LogP contribution in [-0.2, 0) is 28.8 Å². The molecule has 0 spiro atoms. The predicted molar refractivity (Wildman–Crippen MR) is 68.2 cm³/mol. The van der Waals surface area contributed by atoms with Crippen molar-refractivity contribution in [2.45, 2.75) is 58.5 Å². The monoisotopic (exact) mass is 248 g/mol. The van der Waals surface area contributed by atoms with E-state index in [1.54, 1.807) is 0 Å². The first kappa shape index (κ1) is 13.0. The third kappa shape index (κ3) is 3.28. The van der Waals surface area contributed by atoms with E-state index in [1.165, 1.54) is 24.0 Å². The number of fused-ring (bicyclic) bond motifs is 1. The van der Waals surface area contributed by atoms with Crippen LogP contribution in [0.25, 0.3) is 0 Å². The van der Waals surface area contributed by atoms with Crippen molar-refractivity contribution in [1.29, 1.82) is 0 Å². The Balaban J connectivity index is 2.12. The fraction of sp³-hybridized carbons (Fsp3) is 0.643. The molecule has 0 bridgehead atoms. The maximum atomic E-state index is 11.8. The Labute approximate surface area is 108 Å². The molecule has 1 heterocycles. The summed E-state index contributed by atoms with van der Waals surface area (Å²) in [6.45, 7) is 5.62. The minimum Gasteiger partial charge on any atom is -0.460 e. The predicted octanol–water partition coefficient (Wildman–Crippen LogP) is 2.24. The van der Waals surface area contributed by atoms with Crippen LogP contribution in [0.5, 0.6) is 0 Å². The van der Waals surface area contributed by atoms with Gasteiger partial charge in [-0.2, -0.15) is 10.2 Å². The van der Waals surface area contributed by atoms with Gasteiger partial charge in [-0.05, 0) is 57.6 Å². The van der Waals surface area contributed by atoms with Gasteiger partial charge in [0, 0.05) is 0 Å².